The van der Waals surface area contributed by atoms with Gasteiger partial charge in [-0.05, 0) is 34.7 Å². The Kier molecular flexibility index (Phi) is 6.93. The summed E-state index contributed by atoms with van der Waals surface area (Å²) in [6.45, 7) is 2.96. The van der Waals surface area contributed by atoms with Crippen LogP contribution >= 0.6 is 22.6 Å². The Morgan fingerprint density at radius 1 is 1.39 bits per heavy atom. The van der Waals surface area contributed by atoms with Gasteiger partial charge in [0.25, 0.3) is 5.69 Å². The fourth-order valence-corrected chi connectivity index (χ4v) is 1.71. The number of ether oxygens (including phenoxy) is 1. The number of rotatable bonds is 4. The van der Waals surface area contributed by atoms with E-state index in [0.717, 1.165) is 6.08 Å². The van der Waals surface area contributed by atoms with Crippen molar-refractivity contribution in [1.29, 1.82) is 0 Å². The van der Waals surface area contributed by atoms with Gasteiger partial charge in [0, 0.05) is 30.5 Å². The van der Waals surface area contributed by atoms with Crippen LogP contribution < -0.4 is 10.5 Å². The van der Waals surface area contributed by atoms with E-state index in [9.17, 15) is 14.9 Å². The monoisotopic (exact) mass is 429 g/mol. The highest BCUT2D eigenvalue weighted by Gasteiger charge is 2.08. The number of non-ortho nitro benzene ring substituents is 1. The van der Waals surface area contributed by atoms with E-state index >= 15 is 0 Å². The standard InChI is InChI=1S/C11H8IN3O3.C3H4O2/c12-10-9(5-6-14-11(10)13)18-8-3-1-7(2-4-8)15(16)17;1-2-3(4)5/h1-6H,(H2,13,14);2H,1H2,(H,4,5). The van der Waals surface area contributed by atoms with Crippen LogP contribution in [0, 0.1) is 13.7 Å². The van der Waals surface area contributed by atoms with Gasteiger partial charge in [0.2, 0.25) is 0 Å². The number of carboxylic acid groups (broad SMARTS) is 1. The number of halogens is 1. The van der Waals surface area contributed by atoms with Crippen molar-refractivity contribution in [1.82, 2.24) is 4.98 Å². The highest BCUT2D eigenvalue weighted by atomic mass is 127. The fourth-order valence-electron chi connectivity index (χ4n) is 1.28. The summed E-state index contributed by atoms with van der Waals surface area (Å²) < 4.78 is 6.28. The van der Waals surface area contributed by atoms with Crippen LogP contribution in [0.3, 0.4) is 0 Å². The number of aliphatic carboxylic acids is 1. The summed E-state index contributed by atoms with van der Waals surface area (Å²) in [7, 11) is 0. The smallest absolute Gasteiger partial charge is 0.327 e. The summed E-state index contributed by atoms with van der Waals surface area (Å²) >= 11 is 2.03. The third-order valence-corrected chi connectivity index (χ3v) is 3.41. The molecule has 0 amide bonds. The Morgan fingerprint density at radius 3 is 2.43 bits per heavy atom. The summed E-state index contributed by atoms with van der Waals surface area (Å²) in [6.07, 6.45) is 2.37. The van der Waals surface area contributed by atoms with Crippen LogP contribution in [-0.2, 0) is 4.79 Å². The number of nitro groups is 1. The number of anilines is 1. The van der Waals surface area contributed by atoms with Gasteiger partial charge in [-0.3, -0.25) is 10.1 Å². The topological polar surface area (TPSA) is 129 Å². The van der Waals surface area contributed by atoms with Gasteiger partial charge in [0.05, 0.1) is 8.49 Å². The summed E-state index contributed by atoms with van der Waals surface area (Å²) in [6, 6.07) is 7.51. The molecule has 3 N–H and O–H groups in total. The van der Waals surface area contributed by atoms with Crippen molar-refractivity contribution in [2.45, 2.75) is 0 Å². The van der Waals surface area contributed by atoms with E-state index in [1.54, 1.807) is 6.07 Å². The minimum absolute atomic E-state index is 0.0197. The van der Waals surface area contributed by atoms with Crippen molar-refractivity contribution in [2.75, 3.05) is 5.73 Å². The number of aromatic nitrogens is 1. The molecule has 1 heterocycles. The number of carboxylic acids is 1. The quantitative estimate of drug-likeness (QED) is 0.331. The lowest BCUT2D eigenvalue weighted by Gasteiger charge is -2.08. The maximum absolute atomic E-state index is 10.5. The summed E-state index contributed by atoms with van der Waals surface area (Å²) in [5.41, 5.74) is 5.67. The lowest BCUT2D eigenvalue weighted by atomic mass is 10.3. The molecule has 0 spiro atoms. The first kappa shape index (κ1) is 18.4. The fraction of sp³-hybridized carbons (Fsp3) is 0. The molecule has 2 rings (SSSR count). The largest absolute Gasteiger partial charge is 0.478 e. The van der Waals surface area contributed by atoms with Crippen molar-refractivity contribution in [3.63, 3.8) is 0 Å². The van der Waals surface area contributed by atoms with E-state index in [2.05, 4.69) is 11.6 Å². The predicted octanol–water partition coefficient (Wildman–Crippen LogP) is 3.23. The second-order valence-corrected chi connectivity index (χ2v) is 4.98. The number of nitrogen functional groups attached to an aromatic ring is 1. The highest BCUT2D eigenvalue weighted by Crippen LogP contribution is 2.29. The Morgan fingerprint density at radius 2 is 1.96 bits per heavy atom. The molecule has 0 unspecified atom stereocenters. The molecule has 0 aliphatic heterocycles. The summed E-state index contributed by atoms with van der Waals surface area (Å²) in [5, 5.41) is 18.1. The van der Waals surface area contributed by atoms with Gasteiger partial charge in [-0.2, -0.15) is 0 Å². The molecule has 23 heavy (non-hydrogen) atoms. The van der Waals surface area contributed by atoms with Gasteiger partial charge in [-0.25, -0.2) is 9.78 Å². The second-order valence-electron chi connectivity index (χ2n) is 3.90. The molecular formula is C14H12IN3O5. The van der Waals surface area contributed by atoms with E-state index in [1.807, 2.05) is 22.6 Å². The maximum atomic E-state index is 10.5. The molecule has 0 saturated carbocycles. The van der Waals surface area contributed by atoms with Crippen molar-refractivity contribution in [3.8, 4) is 11.5 Å². The number of nitro benzene ring substituents is 1. The first-order valence-corrected chi connectivity index (χ1v) is 7.10. The van der Waals surface area contributed by atoms with Gasteiger partial charge in [-0.1, -0.05) is 6.58 Å². The summed E-state index contributed by atoms with van der Waals surface area (Å²) in [5.74, 6) is 0.473. The van der Waals surface area contributed by atoms with Crippen LogP contribution in [0.15, 0.2) is 49.2 Å². The third-order valence-electron chi connectivity index (χ3n) is 2.33. The van der Waals surface area contributed by atoms with E-state index in [1.165, 1.54) is 30.5 Å². The Balaban J connectivity index is 0.000000463. The van der Waals surface area contributed by atoms with Gasteiger partial charge >= 0.3 is 5.97 Å². The van der Waals surface area contributed by atoms with Gasteiger partial charge in [0.1, 0.15) is 17.3 Å². The SMILES string of the molecule is C=CC(=O)O.Nc1nccc(Oc2ccc([N+](=O)[O-])cc2)c1I. The number of pyridine rings is 1. The third kappa shape index (κ3) is 5.90. The lowest BCUT2D eigenvalue weighted by Crippen LogP contribution is -1.96. The van der Waals surface area contributed by atoms with Crippen LogP contribution in [0.4, 0.5) is 11.5 Å². The maximum Gasteiger partial charge on any atom is 0.327 e. The van der Waals surface area contributed by atoms with Crippen LogP contribution in [0.1, 0.15) is 0 Å². The van der Waals surface area contributed by atoms with E-state index in [4.69, 9.17) is 15.6 Å². The van der Waals surface area contributed by atoms with Crippen LogP contribution in [0.25, 0.3) is 0 Å². The molecular weight excluding hydrogens is 417 g/mol. The lowest BCUT2D eigenvalue weighted by molar-refractivity contribution is -0.384. The zero-order valence-electron chi connectivity index (χ0n) is 11.7. The molecule has 2 aromatic rings. The molecule has 9 heteroatoms. The zero-order chi connectivity index (χ0) is 17.4. The molecule has 0 atom stereocenters. The molecule has 120 valence electrons. The minimum Gasteiger partial charge on any atom is -0.478 e. The Bertz CT molecular complexity index is 719. The number of hydrogen-bond donors (Lipinski definition) is 2. The molecule has 0 radical (unpaired) electrons. The Hall–Kier alpha value is -2.69. The Labute approximate surface area is 144 Å². The van der Waals surface area contributed by atoms with Gasteiger partial charge < -0.3 is 15.6 Å². The van der Waals surface area contributed by atoms with Gasteiger partial charge in [-0.15, -0.1) is 0 Å². The van der Waals surface area contributed by atoms with E-state index in [-0.39, 0.29) is 5.69 Å². The molecule has 0 fully saturated rings. The van der Waals surface area contributed by atoms with Crippen LogP contribution in [-0.4, -0.2) is 21.0 Å². The normalized spacial score (nSPS) is 9.26. The molecule has 0 aliphatic carbocycles. The predicted molar refractivity (Wildman–Crippen MR) is 92.4 cm³/mol. The van der Waals surface area contributed by atoms with E-state index < -0.39 is 10.9 Å². The van der Waals surface area contributed by atoms with Crippen molar-refractivity contribution < 1.29 is 19.6 Å². The molecule has 0 aliphatic rings. The number of nitrogens with two attached hydrogens (primary N) is 1. The van der Waals surface area contributed by atoms with Crippen molar-refractivity contribution >= 4 is 40.1 Å². The molecule has 1 aromatic heterocycles. The minimum atomic E-state index is -0.981. The van der Waals surface area contributed by atoms with Crippen LogP contribution in [0.2, 0.25) is 0 Å². The highest BCUT2D eigenvalue weighted by molar-refractivity contribution is 14.1. The molecule has 0 bridgehead atoms. The number of hydrogen-bond acceptors (Lipinski definition) is 6. The van der Waals surface area contributed by atoms with Crippen molar-refractivity contribution in [2.24, 2.45) is 0 Å². The van der Waals surface area contributed by atoms with Gasteiger partial charge in [0.15, 0.2) is 0 Å². The van der Waals surface area contributed by atoms with Crippen LogP contribution in [0.5, 0.6) is 11.5 Å². The average Bonchev–Trinajstić information content (AvgIpc) is 2.53. The zero-order valence-corrected chi connectivity index (χ0v) is 13.8. The number of carbonyl (C=O) groups is 1. The van der Waals surface area contributed by atoms with E-state index in [0.29, 0.717) is 20.9 Å². The first-order valence-electron chi connectivity index (χ1n) is 6.02. The molecule has 1 aromatic carbocycles. The average molecular weight is 429 g/mol. The molecule has 8 nitrogen and oxygen atoms in total. The van der Waals surface area contributed by atoms with Crippen molar-refractivity contribution in [3.05, 3.63) is 62.9 Å². The summed E-state index contributed by atoms with van der Waals surface area (Å²) in [4.78, 5) is 23.2. The molecule has 0 saturated heterocycles. The number of nitrogens with zero attached hydrogens (tertiary/aromatic N) is 2. The second kappa shape index (κ2) is 8.68. The number of benzene rings is 1. The first-order chi connectivity index (χ1) is 10.8.